The van der Waals surface area contributed by atoms with E-state index in [0.29, 0.717) is 5.56 Å². The maximum atomic E-state index is 11.0. The first kappa shape index (κ1) is 9.87. The van der Waals surface area contributed by atoms with Crippen molar-refractivity contribution in [2.75, 3.05) is 0 Å². The van der Waals surface area contributed by atoms with Crippen molar-refractivity contribution in [1.82, 2.24) is 0 Å². The van der Waals surface area contributed by atoms with E-state index < -0.39 is 11.9 Å². The van der Waals surface area contributed by atoms with Crippen LogP contribution in [0.4, 0.5) is 0 Å². The van der Waals surface area contributed by atoms with Crippen LogP contribution in [0.2, 0.25) is 0 Å². The van der Waals surface area contributed by atoms with Crippen LogP contribution in [-0.4, -0.2) is 11.9 Å². The Balaban J connectivity index is 2.20. The fourth-order valence-corrected chi connectivity index (χ4v) is 2.45. The molecule has 0 atom stereocenters. The standard InChI is InChI=1S/C10H7NO3S/c11-4-6-1-8(15-5-6)7-2-9(12)14-10(13)3-7/h1,5,7H,2-3H2. The molecule has 1 saturated heterocycles. The Morgan fingerprint density at radius 1 is 1.40 bits per heavy atom. The van der Waals surface area contributed by atoms with E-state index >= 15 is 0 Å². The Hall–Kier alpha value is -1.67. The van der Waals surface area contributed by atoms with E-state index in [-0.39, 0.29) is 18.8 Å². The number of nitrogens with zero attached hydrogens (tertiary/aromatic N) is 1. The van der Waals surface area contributed by atoms with Gasteiger partial charge in [-0.25, -0.2) is 0 Å². The van der Waals surface area contributed by atoms with E-state index in [9.17, 15) is 9.59 Å². The molecule has 1 aliphatic rings. The Morgan fingerprint density at radius 3 is 2.60 bits per heavy atom. The Morgan fingerprint density at radius 2 is 2.07 bits per heavy atom. The number of thiophene rings is 1. The van der Waals surface area contributed by atoms with Crippen LogP contribution in [0.5, 0.6) is 0 Å². The molecule has 0 aliphatic carbocycles. The first-order chi connectivity index (χ1) is 7.19. The van der Waals surface area contributed by atoms with Crippen molar-refractivity contribution in [3.8, 4) is 6.07 Å². The predicted octanol–water partition coefficient (Wildman–Crippen LogP) is 1.57. The molecule has 4 nitrogen and oxygen atoms in total. The van der Waals surface area contributed by atoms with Crippen molar-refractivity contribution in [2.45, 2.75) is 18.8 Å². The van der Waals surface area contributed by atoms with Crippen molar-refractivity contribution in [3.05, 3.63) is 21.9 Å². The molecule has 0 bridgehead atoms. The number of nitriles is 1. The van der Waals surface area contributed by atoms with Gasteiger partial charge in [0.2, 0.25) is 0 Å². The van der Waals surface area contributed by atoms with Gasteiger partial charge in [0.25, 0.3) is 0 Å². The van der Waals surface area contributed by atoms with E-state index in [4.69, 9.17) is 5.26 Å². The molecule has 0 aromatic carbocycles. The summed E-state index contributed by atoms with van der Waals surface area (Å²) in [4.78, 5) is 23.0. The molecule has 76 valence electrons. The lowest BCUT2D eigenvalue weighted by Crippen LogP contribution is -2.23. The average Bonchev–Trinajstić information content (AvgIpc) is 2.64. The number of esters is 2. The summed E-state index contributed by atoms with van der Waals surface area (Å²) in [6, 6.07) is 3.74. The third kappa shape index (κ3) is 2.05. The number of cyclic esters (lactones) is 2. The van der Waals surface area contributed by atoms with Crippen molar-refractivity contribution < 1.29 is 14.3 Å². The van der Waals surface area contributed by atoms with Gasteiger partial charge in [-0.3, -0.25) is 9.59 Å². The first-order valence-corrected chi connectivity index (χ1v) is 5.29. The van der Waals surface area contributed by atoms with Gasteiger partial charge in [0, 0.05) is 16.2 Å². The highest BCUT2D eigenvalue weighted by Crippen LogP contribution is 2.32. The highest BCUT2D eigenvalue weighted by Gasteiger charge is 2.29. The Bertz CT molecular complexity index is 441. The molecule has 1 aliphatic heterocycles. The number of carbonyl (C=O) groups excluding carboxylic acids is 2. The Kier molecular flexibility index (Phi) is 2.52. The summed E-state index contributed by atoms with van der Waals surface area (Å²) in [6.07, 6.45) is 0.439. The highest BCUT2D eigenvalue weighted by atomic mass is 32.1. The zero-order valence-corrected chi connectivity index (χ0v) is 8.54. The summed E-state index contributed by atoms with van der Waals surface area (Å²) in [5.41, 5.74) is 0.571. The molecule has 2 heterocycles. The molecule has 0 unspecified atom stereocenters. The number of hydrogen-bond acceptors (Lipinski definition) is 5. The van der Waals surface area contributed by atoms with Crippen LogP contribution in [0.3, 0.4) is 0 Å². The summed E-state index contributed by atoms with van der Waals surface area (Å²) in [7, 11) is 0. The monoisotopic (exact) mass is 221 g/mol. The zero-order valence-electron chi connectivity index (χ0n) is 7.73. The van der Waals surface area contributed by atoms with E-state index in [1.807, 2.05) is 6.07 Å². The van der Waals surface area contributed by atoms with Gasteiger partial charge >= 0.3 is 11.9 Å². The molecule has 0 N–H and O–H groups in total. The van der Waals surface area contributed by atoms with Crippen LogP contribution in [0.25, 0.3) is 0 Å². The molecule has 0 spiro atoms. The summed E-state index contributed by atoms with van der Waals surface area (Å²) in [5.74, 6) is -1.09. The molecule has 0 saturated carbocycles. The minimum absolute atomic E-state index is 0.120. The topological polar surface area (TPSA) is 67.2 Å². The molecule has 2 rings (SSSR count). The third-order valence-electron chi connectivity index (χ3n) is 2.21. The largest absolute Gasteiger partial charge is 0.393 e. The lowest BCUT2D eigenvalue weighted by molar-refractivity contribution is -0.163. The van der Waals surface area contributed by atoms with Crippen LogP contribution in [0.1, 0.15) is 29.2 Å². The summed E-state index contributed by atoms with van der Waals surface area (Å²) >= 11 is 1.40. The maximum absolute atomic E-state index is 11.0. The molecule has 0 amide bonds. The van der Waals surface area contributed by atoms with Gasteiger partial charge in [-0.1, -0.05) is 0 Å². The molecular formula is C10H7NO3S. The van der Waals surface area contributed by atoms with Gasteiger partial charge in [0.1, 0.15) is 6.07 Å². The Labute approximate surface area is 90.1 Å². The SMILES string of the molecule is N#Cc1csc(C2CC(=O)OC(=O)C2)c1. The molecule has 1 aromatic heterocycles. The maximum Gasteiger partial charge on any atom is 0.314 e. The smallest absolute Gasteiger partial charge is 0.314 e. The molecule has 5 heteroatoms. The van der Waals surface area contributed by atoms with Crippen LogP contribution < -0.4 is 0 Å². The predicted molar refractivity (Wildman–Crippen MR) is 52.1 cm³/mol. The quantitative estimate of drug-likeness (QED) is 0.533. The summed E-state index contributed by atoms with van der Waals surface area (Å²) in [6.45, 7) is 0. The molecule has 15 heavy (non-hydrogen) atoms. The van der Waals surface area contributed by atoms with Gasteiger partial charge in [0.15, 0.2) is 0 Å². The van der Waals surface area contributed by atoms with E-state index in [1.165, 1.54) is 11.3 Å². The van der Waals surface area contributed by atoms with Crippen molar-refractivity contribution in [3.63, 3.8) is 0 Å². The average molecular weight is 221 g/mol. The van der Waals surface area contributed by atoms with Crippen LogP contribution >= 0.6 is 11.3 Å². The van der Waals surface area contributed by atoms with Crippen molar-refractivity contribution >= 4 is 23.3 Å². The fourth-order valence-electron chi connectivity index (χ4n) is 1.51. The van der Waals surface area contributed by atoms with Crippen LogP contribution in [0.15, 0.2) is 11.4 Å². The van der Waals surface area contributed by atoms with Crippen LogP contribution in [0, 0.1) is 11.3 Å². The number of hydrogen-bond donors (Lipinski definition) is 0. The van der Waals surface area contributed by atoms with E-state index in [2.05, 4.69) is 4.74 Å². The zero-order chi connectivity index (χ0) is 10.8. The highest BCUT2D eigenvalue weighted by molar-refractivity contribution is 7.10. The lowest BCUT2D eigenvalue weighted by Gasteiger charge is -2.17. The van der Waals surface area contributed by atoms with Gasteiger partial charge in [-0.15, -0.1) is 11.3 Å². The molecular weight excluding hydrogens is 214 g/mol. The third-order valence-corrected chi connectivity index (χ3v) is 3.30. The lowest BCUT2D eigenvalue weighted by atomic mass is 9.97. The normalized spacial score (nSPS) is 17.3. The van der Waals surface area contributed by atoms with Crippen molar-refractivity contribution in [1.29, 1.82) is 5.26 Å². The van der Waals surface area contributed by atoms with E-state index in [1.54, 1.807) is 11.4 Å². The van der Waals surface area contributed by atoms with E-state index in [0.717, 1.165) is 4.88 Å². The van der Waals surface area contributed by atoms with Gasteiger partial charge in [-0.2, -0.15) is 5.26 Å². The number of rotatable bonds is 1. The minimum Gasteiger partial charge on any atom is -0.393 e. The molecule has 0 radical (unpaired) electrons. The fraction of sp³-hybridized carbons (Fsp3) is 0.300. The molecule has 1 fully saturated rings. The second kappa shape index (κ2) is 3.83. The van der Waals surface area contributed by atoms with Gasteiger partial charge < -0.3 is 4.74 Å². The summed E-state index contributed by atoms with van der Waals surface area (Å²) in [5, 5.41) is 10.4. The molecule has 1 aromatic rings. The van der Waals surface area contributed by atoms with Crippen LogP contribution in [-0.2, 0) is 14.3 Å². The second-order valence-corrected chi connectivity index (χ2v) is 4.24. The minimum atomic E-state index is -0.483. The second-order valence-electron chi connectivity index (χ2n) is 3.30. The summed E-state index contributed by atoms with van der Waals surface area (Å²) < 4.78 is 4.43. The number of carbonyl (C=O) groups is 2. The first-order valence-electron chi connectivity index (χ1n) is 4.41. The number of ether oxygens (including phenoxy) is 1. The van der Waals surface area contributed by atoms with Crippen molar-refractivity contribution in [2.24, 2.45) is 0 Å². The van der Waals surface area contributed by atoms with Gasteiger partial charge in [-0.05, 0) is 6.07 Å². The van der Waals surface area contributed by atoms with Gasteiger partial charge in [0.05, 0.1) is 18.4 Å².